The van der Waals surface area contributed by atoms with E-state index in [9.17, 15) is 19.2 Å². The van der Waals surface area contributed by atoms with E-state index in [1.165, 1.54) is 18.2 Å². The first kappa shape index (κ1) is 23.1. The average molecular weight is 483 g/mol. The number of carbonyl (C=O) groups excluding carboxylic acids is 2. The largest absolute Gasteiger partial charge is 0.368 e. The minimum Gasteiger partial charge on any atom is -0.368 e. The van der Waals surface area contributed by atoms with Gasteiger partial charge in [-0.3, -0.25) is 19.0 Å². The van der Waals surface area contributed by atoms with Crippen molar-refractivity contribution in [2.45, 2.75) is 27.3 Å². The minimum atomic E-state index is -0.766. The normalized spacial score (nSPS) is 11.1. The number of fused-ring (bicyclic) bond motifs is 1. The first-order valence-corrected chi connectivity index (χ1v) is 11.0. The fourth-order valence-electron chi connectivity index (χ4n) is 3.35. The average Bonchev–Trinajstić information content (AvgIpc) is 3.06. The van der Waals surface area contributed by atoms with Crippen molar-refractivity contribution in [3.8, 4) is 5.69 Å². The van der Waals surface area contributed by atoms with Gasteiger partial charge in [-0.2, -0.15) is 0 Å². The van der Waals surface area contributed by atoms with Crippen molar-refractivity contribution in [3.05, 3.63) is 59.5 Å². The van der Waals surface area contributed by atoms with E-state index in [0.717, 1.165) is 20.5 Å². The molecule has 0 spiro atoms. The molecule has 0 unspecified atom stereocenters. The monoisotopic (exact) mass is 482 g/mol. The third-order valence-electron chi connectivity index (χ3n) is 4.93. The fraction of sp³-hybridized carbons (Fsp3) is 0.300. The first-order valence-electron chi connectivity index (χ1n) is 9.44. The van der Waals surface area contributed by atoms with E-state index >= 15 is 0 Å². The van der Waals surface area contributed by atoms with Crippen molar-refractivity contribution < 1.29 is 9.59 Å². The summed E-state index contributed by atoms with van der Waals surface area (Å²) in [5.74, 6) is -1.01. The molecule has 2 aromatic heterocycles. The van der Waals surface area contributed by atoms with Gasteiger partial charge >= 0.3 is 5.69 Å². The number of aromatic nitrogens is 2. The molecule has 11 heteroatoms. The van der Waals surface area contributed by atoms with Crippen molar-refractivity contribution in [2.75, 3.05) is 13.1 Å². The van der Waals surface area contributed by atoms with Crippen molar-refractivity contribution in [1.82, 2.24) is 14.0 Å². The van der Waals surface area contributed by atoms with Gasteiger partial charge in [-0.05, 0) is 44.5 Å². The highest BCUT2D eigenvalue weighted by Gasteiger charge is 2.26. The molecule has 8 nitrogen and oxygen atoms in total. The number of hydrogen-bond acceptors (Lipinski definition) is 5. The molecule has 0 aliphatic heterocycles. The van der Waals surface area contributed by atoms with Gasteiger partial charge in [0, 0.05) is 13.1 Å². The van der Waals surface area contributed by atoms with E-state index in [0.29, 0.717) is 23.5 Å². The third-order valence-corrected chi connectivity index (χ3v) is 6.97. The summed E-state index contributed by atoms with van der Waals surface area (Å²) in [5.41, 5.74) is 4.60. The third kappa shape index (κ3) is 4.00. The number of amides is 2. The Morgan fingerprint density at radius 3 is 2.32 bits per heavy atom. The van der Waals surface area contributed by atoms with E-state index in [-0.39, 0.29) is 31.9 Å². The van der Waals surface area contributed by atoms with E-state index < -0.39 is 23.7 Å². The van der Waals surface area contributed by atoms with Gasteiger partial charge in [0.1, 0.15) is 11.4 Å². The van der Waals surface area contributed by atoms with Gasteiger partial charge in [-0.25, -0.2) is 9.36 Å². The number of thiophene rings is 1. The molecule has 3 aromatic rings. The second kappa shape index (κ2) is 8.86. The summed E-state index contributed by atoms with van der Waals surface area (Å²) in [6.45, 7) is 5.88. The summed E-state index contributed by atoms with van der Waals surface area (Å²) in [6, 6.07) is 4.32. The quantitative estimate of drug-likeness (QED) is 0.582. The number of benzene rings is 1. The van der Waals surface area contributed by atoms with Crippen LogP contribution in [-0.4, -0.2) is 38.9 Å². The predicted molar refractivity (Wildman–Crippen MR) is 123 cm³/mol. The Morgan fingerprint density at radius 2 is 1.77 bits per heavy atom. The maximum atomic E-state index is 13.4. The van der Waals surface area contributed by atoms with Gasteiger partial charge in [0.05, 0.1) is 26.0 Å². The molecule has 0 aliphatic carbocycles. The Labute approximate surface area is 191 Å². The van der Waals surface area contributed by atoms with Crippen molar-refractivity contribution in [2.24, 2.45) is 5.73 Å². The maximum Gasteiger partial charge on any atom is 0.337 e. The highest BCUT2D eigenvalue weighted by atomic mass is 35.5. The Kier molecular flexibility index (Phi) is 6.59. The van der Waals surface area contributed by atoms with Crippen LogP contribution in [0.25, 0.3) is 15.9 Å². The highest BCUT2D eigenvalue weighted by molar-refractivity contribution is 7.20. The van der Waals surface area contributed by atoms with Crippen LogP contribution in [0.4, 0.5) is 0 Å². The predicted octanol–water partition coefficient (Wildman–Crippen LogP) is 2.80. The topological polar surface area (TPSA) is 107 Å². The van der Waals surface area contributed by atoms with E-state index in [2.05, 4.69) is 0 Å². The lowest BCUT2D eigenvalue weighted by Crippen LogP contribution is -2.40. The fourth-order valence-corrected chi connectivity index (χ4v) is 4.90. The van der Waals surface area contributed by atoms with Crippen molar-refractivity contribution in [3.63, 3.8) is 0 Å². The van der Waals surface area contributed by atoms with Crippen molar-refractivity contribution >= 4 is 56.6 Å². The molecule has 0 aliphatic rings. The molecule has 0 saturated carbocycles. The Hall–Kier alpha value is -2.62. The number of halogens is 2. The number of hydrogen-bond donors (Lipinski definition) is 1. The summed E-state index contributed by atoms with van der Waals surface area (Å²) < 4.78 is 2.01. The molecule has 164 valence electrons. The van der Waals surface area contributed by atoms with E-state index in [1.807, 2.05) is 13.8 Å². The molecule has 3 rings (SSSR count). The van der Waals surface area contributed by atoms with Crippen LogP contribution >= 0.6 is 34.5 Å². The van der Waals surface area contributed by atoms with Crippen LogP contribution in [0.5, 0.6) is 0 Å². The zero-order valence-electron chi connectivity index (χ0n) is 17.1. The van der Waals surface area contributed by atoms with Gasteiger partial charge in [-0.1, -0.05) is 23.2 Å². The minimum absolute atomic E-state index is 0.159. The van der Waals surface area contributed by atoms with E-state index in [4.69, 9.17) is 28.9 Å². The summed E-state index contributed by atoms with van der Waals surface area (Å²) in [7, 11) is 0. The molecule has 0 fully saturated rings. The summed E-state index contributed by atoms with van der Waals surface area (Å²) in [6.07, 6.45) is 0. The zero-order chi connectivity index (χ0) is 23.0. The molecule has 0 atom stereocenters. The van der Waals surface area contributed by atoms with Crippen LogP contribution in [0.1, 0.15) is 29.1 Å². The molecule has 31 heavy (non-hydrogen) atoms. The lowest BCUT2D eigenvalue weighted by Gasteiger charge is -2.17. The first-order chi connectivity index (χ1) is 14.6. The number of nitrogens with zero attached hydrogens (tertiary/aromatic N) is 3. The molecule has 2 amide bonds. The van der Waals surface area contributed by atoms with E-state index in [1.54, 1.807) is 11.8 Å². The number of rotatable bonds is 6. The number of aryl methyl sites for hydroxylation is 1. The molecule has 2 N–H and O–H groups in total. The van der Waals surface area contributed by atoms with Gasteiger partial charge in [0.15, 0.2) is 0 Å². The second-order valence-electron chi connectivity index (χ2n) is 6.79. The molecule has 1 aromatic carbocycles. The standard InChI is InChI=1S/C20H20Cl2N4O4S/c1-4-24(5-2)18(29)16-10(3)15-17(28)26(11-6-7-12(21)13(22)8-11)20(30)25(9-14(23)27)19(15)31-16/h6-8H,4-5,9H2,1-3H3,(H2,23,27). The second-order valence-corrected chi connectivity index (χ2v) is 8.60. The van der Waals surface area contributed by atoms with Gasteiger partial charge < -0.3 is 10.6 Å². The molecular formula is C20H20Cl2N4O4S. The molecule has 0 saturated heterocycles. The Morgan fingerprint density at radius 1 is 1.13 bits per heavy atom. The Balaban J connectivity index is 2.43. The smallest absolute Gasteiger partial charge is 0.337 e. The summed E-state index contributed by atoms with van der Waals surface area (Å²) in [4.78, 5) is 53.5. The lowest BCUT2D eigenvalue weighted by molar-refractivity contribution is -0.118. The maximum absolute atomic E-state index is 13.4. The molecule has 0 bridgehead atoms. The van der Waals surface area contributed by atoms with Crippen LogP contribution in [0.15, 0.2) is 27.8 Å². The van der Waals surface area contributed by atoms with Crippen LogP contribution in [-0.2, 0) is 11.3 Å². The van der Waals surface area contributed by atoms with Crippen LogP contribution in [0.3, 0.4) is 0 Å². The molecule has 2 heterocycles. The summed E-state index contributed by atoms with van der Waals surface area (Å²) in [5, 5.41) is 0.592. The number of primary amides is 1. The number of carbonyl (C=O) groups is 2. The van der Waals surface area contributed by atoms with Crippen LogP contribution < -0.4 is 17.0 Å². The van der Waals surface area contributed by atoms with Gasteiger partial charge in [-0.15, -0.1) is 11.3 Å². The number of nitrogens with two attached hydrogens (primary N) is 1. The van der Waals surface area contributed by atoms with Crippen molar-refractivity contribution in [1.29, 1.82) is 0 Å². The van der Waals surface area contributed by atoms with Gasteiger partial charge in [0.25, 0.3) is 11.5 Å². The SMILES string of the molecule is CCN(CC)C(=O)c1sc2c(c1C)c(=O)n(-c1ccc(Cl)c(Cl)c1)c(=O)n2CC(N)=O. The molecule has 0 radical (unpaired) electrons. The Bertz CT molecular complexity index is 1320. The highest BCUT2D eigenvalue weighted by Crippen LogP contribution is 2.30. The lowest BCUT2D eigenvalue weighted by atomic mass is 10.2. The van der Waals surface area contributed by atoms with Crippen LogP contribution in [0.2, 0.25) is 10.0 Å². The van der Waals surface area contributed by atoms with Gasteiger partial charge in [0.2, 0.25) is 5.91 Å². The zero-order valence-corrected chi connectivity index (χ0v) is 19.4. The van der Waals surface area contributed by atoms with Crippen LogP contribution in [0, 0.1) is 6.92 Å². The summed E-state index contributed by atoms with van der Waals surface area (Å²) >= 11 is 13.0. The molecular weight excluding hydrogens is 463 g/mol.